The first-order valence-corrected chi connectivity index (χ1v) is 11.9. The third-order valence-electron chi connectivity index (χ3n) is 5.34. The van der Waals surface area contributed by atoms with Crippen LogP contribution in [0.15, 0.2) is 71.9 Å². The summed E-state index contributed by atoms with van der Waals surface area (Å²) in [4.78, 5) is 4.71. The Bertz CT molecular complexity index is 1320. The van der Waals surface area contributed by atoms with E-state index < -0.39 is 6.23 Å². The fourth-order valence-electron chi connectivity index (χ4n) is 3.61. The maximum atomic E-state index is 6.37. The number of para-hydroxylation sites is 1. The summed E-state index contributed by atoms with van der Waals surface area (Å²) in [7, 11) is 3.24. The molecule has 172 valence electrons. The maximum Gasteiger partial charge on any atom is 0.247 e. The number of aromatic nitrogens is 3. The topological polar surface area (TPSA) is 78.4 Å². The number of anilines is 1. The van der Waals surface area contributed by atoms with Crippen molar-refractivity contribution in [3.05, 3.63) is 82.9 Å². The number of halogens is 1. The molecule has 0 unspecified atom stereocenters. The molecule has 0 spiro atoms. The first kappa shape index (κ1) is 22.3. The van der Waals surface area contributed by atoms with Crippen molar-refractivity contribution in [1.82, 2.24) is 15.2 Å². The predicted octanol–water partition coefficient (Wildman–Crippen LogP) is 6.00. The van der Waals surface area contributed by atoms with E-state index >= 15 is 0 Å². The summed E-state index contributed by atoms with van der Waals surface area (Å²) in [6.07, 6.45) is -0.561. The smallest absolute Gasteiger partial charge is 0.247 e. The Hall–Kier alpha value is -3.49. The molecule has 34 heavy (non-hydrogen) atoms. The summed E-state index contributed by atoms with van der Waals surface area (Å²) in [5.41, 5.74) is 4.22. The largest absolute Gasteiger partial charge is 0.497 e. The highest BCUT2D eigenvalue weighted by Crippen LogP contribution is 2.41. The first-order valence-electron chi connectivity index (χ1n) is 10.5. The second-order valence-corrected chi connectivity index (χ2v) is 8.84. The van der Waals surface area contributed by atoms with Gasteiger partial charge in [0.25, 0.3) is 0 Å². The van der Waals surface area contributed by atoms with Gasteiger partial charge in [0.15, 0.2) is 5.69 Å². The number of rotatable bonds is 6. The SMILES string of the molecule is COc1ccc([C@H]2Nc3ccccc3-c3nnc(SCc4ccc(Cl)cc4)nc3O2)c(OC)c1. The third-order valence-corrected chi connectivity index (χ3v) is 6.50. The Labute approximate surface area is 206 Å². The molecule has 1 aliphatic rings. The molecule has 1 aromatic heterocycles. The molecule has 0 amide bonds. The monoisotopic (exact) mass is 492 g/mol. The van der Waals surface area contributed by atoms with Gasteiger partial charge < -0.3 is 19.5 Å². The van der Waals surface area contributed by atoms with Crippen LogP contribution in [0.2, 0.25) is 5.02 Å². The van der Waals surface area contributed by atoms with Gasteiger partial charge in [0.2, 0.25) is 17.3 Å². The number of hydrogen-bond acceptors (Lipinski definition) is 8. The normalized spacial score (nSPS) is 14.1. The van der Waals surface area contributed by atoms with E-state index in [1.807, 2.05) is 66.7 Å². The molecule has 1 atom stereocenters. The summed E-state index contributed by atoms with van der Waals surface area (Å²) in [6, 6.07) is 21.1. The lowest BCUT2D eigenvalue weighted by Gasteiger charge is -2.21. The Morgan fingerprint density at radius 1 is 1.00 bits per heavy atom. The molecule has 1 aliphatic heterocycles. The van der Waals surface area contributed by atoms with Crippen LogP contribution in [0.25, 0.3) is 11.3 Å². The van der Waals surface area contributed by atoms with Crippen molar-refractivity contribution < 1.29 is 14.2 Å². The van der Waals surface area contributed by atoms with Crippen molar-refractivity contribution in [2.24, 2.45) is 0 Å². The van der Waals surface area contributed by atoms with Crippen LogP contribution >= 0.6 is 23.4 Å². The third kappa shape index (κ3) is 4.60. The van der Waals surface area contributed by atoms with Crippen molar-refractivity contribution >= 4 is 29.1 Å². The number of nitrogens with zero attached hydrogens (tertiary/aromatic N) is 3. The van der Waals surface area contributed by atoms with Crippen molar-refractivity contribution in [1.29, 1.82) is 0 Å². The van der Waals surface area contributed by atoms with Crippen LogP contribution in [0, 0.1) is 0 Å². The Morgan fingerprint density at radius 3 is 2.62 bits per heavy atom. The van der Waals surface area contributed by atoms with Gasteiger partial charge in [0.05, 0.1) is 19.8 Å². The average molecular weight is 493 g/mol. The van der Waals surface area contributed by atoms with Crippen LogP contribution in [0.3, 0.4) is 0 Å². The van der Waals surface area contributed by atoms with Crippen LogP contribution in [-0.4, -0.2) is 29.4 Å². The lowest BCUT2D eigenvalue weighted by atomic mass is 10.1. The molecule has 0 fully saturated rings. The number of ether oxygens (including phenoxy) is 3. The predicted molar refractivity (Wildman–Crippen MR) is 133 cm³/mol. The molecular weight excluding hydrogens is 472 g/mol. The molecule has 9 heteroatoms. The van der Waals surface area contributed by atoms with Crippen LogP contribution in [0.4, 0.5) is 5.69 Å². The van der Waals surface area contributed by atoms with Gasteiger partial charge in [-0.05, 0) is 35.9 Å². The highest BCUT2D eigenvalue weighted by molar-refractivity contribution is 7.98. The molecule has 3 aromatic carbocycles. The summed E-state index contributed by atoms with van der Waals surface area (Å²) >= 11 is 7.47. The van der Waals surface area contributed by atoms with Gasteiger partial charge >= 0.3 is 0 Å². The average Bonchev–Trinajstić information content (AvgIpc) is 3.04. The van der Waals surface area contributed by atoms with Crippen LogP contribution in [0.1, 0.15) is 17.4 Å². The fourth-order valence-corrected chi connectivity index (χ4v) is 4.47. The number of thioether (sulfide) groups is 1. The number of fused-ring (bicyclic) bond motifs is 3. The quantitative estimate of drug-likeness (QED) is 0.328. The molecule has 0 radical (unpaired) electrons. The van der Waals surface area contributed by atoms with Gasteiger partial charge in [0.1, 0.15) is 11.5 Å². The second-order valence-electron chi connectivity index (χ2n) is 7.46. The van der Waals surface area contributed by atoms with Gasteiger partial charge in [-0.2, -0.15) is 4.98 Å². The lowest BCUT2D eigenvalue weighted by molar-refractivity contribution is 0.219. The number of hydrogen-bond donors (Lipinski definition) is 1. The molecule has 0 bridgehead atoms. The van der Waals surface area contributed by atoms with Crippen LogP contribution in [-0.2, 0) is 5.75 Å². The minimum absolute atomic E-state index is 0.397. The minimum atomic E-state index is -0.561. The summed E-state index contributed by atoms with van der Waals surface area (Å²) in [5.74, 6) is 2.41. The molecule has 1 N–H and O–H groups in total. The van der Waals surface area contributed by atoms with E-state index in [1.54, 1.807) is 14.2 Å². The van der Waals surface area contributed by atoms with Crippen molar-refractivity contribution in [2.45, 2.75) is 17.1 Å². The van der Waals surface area contributed by atoms with Gasteiger partial charge in [-0.25, -0.2) is 0 Å². The highest BCUT2D eigenvalue weighted by Gasteiger charge is 2.28. The second kappa shape index (κ2) is 9.79. The lowest BCUT2D eigenvalue weighted by Crippen LogP contribution is -2.18. The van der Waals surface area contributed by atoms with Crippen molar-refractivity contribution in [3.63, 3.8) is 0 Å². The van der Waals surface area contributed by atoms with Crippen molar-refractivity contribution in [3.8, 4) is 28.6 Å². The van der Waals surface area contributed by atoms with E-state index in [-0.39, 0.29) is 0 Å². The summed E-state index contributed by atoms with van der Waals surface area (Å²) in [5, 5.41) is 13.5. The Balaban J connectivity index is 1.50. The molecule has 2 heterocycles. The molecule has 7 nitrogen and oxygen atoms in total. The van der Waals surface area contributed by atoms with E-state index in [9.17, 15) is 0 Å². The van der Waals surface area contributed by atoms with Gasteiger partial charge in [-0.3, -0.25) is 0 Å². The Kier molecular flexibility index (Phi) is 6.42. The molecule has 0 saturated heterocycles. The first-order chi connectivity index (χ1) is 16.6. The summed E-state index contributed by atoms with van der Waals surface area (Å²) < 4.78 is 17.3. The number of nitrogens with one attached hydrogen (secondary N) is 1. The zero-order valence-electron chi connectivity index (χ0n) is 18.5. The minimum Gasteiger partial charge on any atom is -0.497 e. The van der Waals surface area contributed by atoms with E-state index in [0.717, 1.165) is 22.4 Å². The summed E-state index contributed by atoms with van der Waals surface area (Å²) in [6.45, 7) is 0. The van der Waals surface area contributed by atoms with Gasteiger partial charge in [0, 0.05) is 28.1 Å². The van der Waals surface area contributed by atoms with E-state index in [2.05, 4.69) is 15.5 Å². The van der Waals surface area contributed by atoms with Crippen LogP contribution in [0.5, 0.6) is 17.4 Å². The molecule has 0 aliphatic carbocycles. The Morgan fingerprint density at radius 2 is 1.82 bits per heavy atom. The zero-order chi connectivity index (χ0) is 23.5. The van der Waals surface area contributed by atoms with E-state index in [4.69, 9.17) is 30.8 Å². The number of methoxy groups -OCH3 is 2. The fraction of sp³-hybridized carbons (Fsp3) is 0.160. The zero-order valence-corrected chi connectivity index (χ0v) is 20.1. The molecular formula is C25H21ClN4O3S. The van der Waals surface area contributed by atoms with Crippen molar-refractivity contribution in [2.75, 3.05) is 19.5 Å². The van der Waals surface area contributed by atoms with Gasteiger partial charge in [-0.15, -0.1) is 10.2 Å². The molecule has 5 rings (SSSR count). The van der Waals surface area contributed by atoms with Gasteiger partial charge in [-0.1, -0.05) is 53.7 Å². The number of benzene rings is 3. The molecule has 4 aromatic rings. The standard InChI is InChI=1S/C25H21ClN4O3S/c1-31-17-11-12-19(21(13-17)32-2)23-27-20-6-4-3-5-18(20)22-24(33-23)28-25(30-29-22)34-14-15-7-9-16(26)10-8-15/h3-13,23,27H,14H2,1-2H3/t23-/m0/s1. The molecule has 0 saturated carbocycles. The maximum absolute atomic E-state index is 6.37. The van der Waals surface area contributed by atoms with Crippen LogP contribution < -0.4 is 19.5 Å². The van der Waals surface area contributed by atoms with E-state index in [1.165, 1.54) is 11.8 Å². The highest BCUT2D eigenvalue weighted by atomic mass is 35.5. The van der Waals surface area contributed by atoms with E-state index in [0.29, 0.717) is 39.0 Å².